The molecule has 2 rings (SSSR count). The molecular weight excluding hydrogens is 244 g/mol. The van der Waals surface area contributed by atoms with Crippen molar-refractivity contribution >= 4 is 28.1 Å². The van der Waals surface area contributed by atoms with E-state index in [4.69, 9.17) is 22.1 Å². The number of aromatic nitrogens is 1. The molecule has 0 fully saturated rings. The molecule has 0 atom stereocenters. The molecule has 0 aliphatic rings. The van der Waals surface area contributed by atoms with Crippen LogP contribution in [-0.4, -0.2) is 12.1 Å². The summed E-state index contributed by atoms with van der Waals surface area (Å²) in [7, 11) is 1.59. The fourth-order valence-corrected chi connectivity index (χ4v) is 2.58. The Morgan fingerprint density at radius 2 is 2.19 bits per heavy atom. The molecule has 1 aromatic carbocycles. The minimum Gasteiger partial charge on any atom is -0.495 e. The quantitative estimate of drug-likeness (QED) is 0.894. The van der Waals surface area contributed by atoms with Gasteiger partial charge in [-0.15, -0.1) is 0 Å². The molecule has 1 heterocycles. The normalized spacial score (nSPS) is 10.4. The second kappa shape index (κ2) is 4.31. The first kappa shape index (κ1) is 11.2. The summed E-state index contributed by atoms with van der Waals surface area (Å²) in [6.07, 6.45) is 0. The molecule has 3 nitrogen and oxygen atoms in total. The number of aryl methyl sites for hydroxylation is 1. The number of anilines is 1. The van der Waals surface area contributed by atoms with Crippen molar-refractivity contribution in [2.24, 2.45) is 0 Å². The third-order valence-electron chi connectivity index (χ3n) is 2.23. The zero-order chi connectivity index (χ0) is 11.7. The van der Waals surface area contributed by atoms with Crippen molar-refractivity contribution in [3.8, 4) is 16.2 Å². The van der Waals surface area contributed by atoms with E-state index in [1.165, 1.54) is 11.3 Å². The Morgan fingerprint density at radius 3 is 2.69 bits per heavy atom. The van der Waals surface area contributed by atoms with Gasteiger partial charge in [-0.1, -0.05) is 22.9 Å². The number of thiazole rings is 1. The molecule has 0 amide bonds. The maximum Gasteiger partial charge on any atom is 0.180 e. The number of hydrogen-bond acceptors (Lipinski definition) is 4. The van der Waals surface area contributed by atoms with Crippen molar-refractivity contribution in [1.29, 1.82) is 0 Å². The van der Waals surface area contributed by atoms with Gasteiger partial charge in [-0.3, -0.25) is 0 Å². The van der Waals surface area contributed by atoms with Gasteiger partial charge in [-0.05, 0) is 30.7 Å². The van der Waals surface area contributed by atoms with Crippen LogP contribution in [0.2, 0.25) is 5.02 Å². The van der Waals surface area contributed by atoms with Crippen molar-refractivity contribution < 1.29 is 4.74 Å². The molecule has 1 aromatic heterocycles. The van der Waals surface area contributed by atoms with Crippen molar-refractivity contribution in [2.45, 2.75) is 6.92 Å². The van der Waals surface area contributed by atoms with Gasteiger partial charge in [-0.2, -0.15) is 0 Å². The molecule has 0 unspecified atom stereocenters. The third kappa shape index (κ3) is 1.99. The smallest absolute Gasteiger partial charge is 0.180 e. The molecule has 0 saturated heterocycles. The standard InChI is InChI=1S/C11H11ClN2OS/c1-6-10(16-11(13)14-6)7-3-4-9(15-2)8(12)5-7/h3-5H,1-2H3,(H2,13,14). The van der Waals surface area contributed by atoms with Crippen LogP contribution in [0.15, 0.2) is 18.2 Å². The molecule has 0 bridgehead atoms. The number of nitrogen functional groups attached to an aromatic ring is 1. The van der Waals surface area contributed by atoms with Crippen LogP contribution in [-0.2, 0) is 0 Å². The highest BCUT2D eigenvalue weighted by Crippen LogP contribution is 2.35. The van der Waals surface area contributed by atoms with E-state index < -0.39 is 0 Å². The van der Waals surface area contributed by atoms with Crippen LogP contribution in [0, 0.1) is 6.92 Å². The second-order valence-electron chi connectivity index (χ2n) is 3.32. The zero-order valence-electron chi connectivity index (χ0n) is 8.95. The second-order valence-corrected chi connectivity index (χ2v) is 4.75. The lowest BCUT2D eigenvalue weighted by Crippen LogP contribution is -1.85. The van der Waals surface area contributed by atoms with E-state index in [1.807, 2.05) is 25.1 Å². The van der Waals surface area contributed by atoms with Crippen LogP contribution in [0.3, 0.4) is 0 Å². The largest absolute Gasteiger partial charge is 0.495 e. The summed E-state index contributed by atoms with van der Waals surface area (Å²) in [4.78, 5) is 5.23. The topological polar surface area (TPSA) is 48.1 Å². The first-order valence-corrected chi connectivity index (χ1v) is 5.88. The fourth-order valence-electron chi connectivity index (χ4n) is 1.49. The van der Waals surface area contributed by atoms with Gasteiger partial charge in [0.25, 0.3) is 0 Å². The number of nitrogens with two attached hydrogens (primary N) is 1. The van der Waals surface area contributed by atoms with E-state index in [-0.39, 0.29) is 0 Å². The summed E-state index contributed by atoms with van der Waals surface area (Å²) in [5, 5.41) is 1.16. The highest BCUT2D eigenvalue weighted by Gasteiger charge is 2.10. The Morgan fingerprint density at radius 1 is 1.44 bits per heavy atom. The van der Waals surface area contributed by atoms with Crippen molar-refractivity contribution in [3.63, 3.8) is 0 Å². The molecule has 0 saturated carbocycles. The Balaban J connectivity index is 2.49. The SMILES string of the molecule is COc1ccc(-c2sc(N)nc2C)cc1Cl. The monoisotopic (exact) mass is 254 g/mol. The van der Waals surface area contributed by atoms with Gasteiger partial charge in [0.2, 0.25) is 0 Å². The first-order valence-electron chi connectivity index (χ1n) is 4.68. The maximum absolute atomic E-state index is 6.07. The number of halogens is 1. The molecule has 16 heavy (non-hydrogen) atoms. The summed E-state index contributed by atoms with van der Waals surface area (Å²) in [5.41, 5.74) is 7.59. The summed E-state index contributed by atoms with van der Waals surface area (Å²) < 4.78 is 5.10. The number of rotatable bonds is 2. The lowest BCUT2D eigenvalue weighted by Gasteiger charge is -2.04. The summed E-state index contributed by atoms with van der Waals surface area (Å²) in [6, 6.07) is 5.65. The van der Waals surface area contributed by atoms with Gasteiger partial charge in [0.15, 0.2) is 5.13 Å². The van der Waals surface area contributed by atoms with E-state index in [0.29, 0.717) is 15.9 Å². The Hall–Kier alpha value is -1.26. The average Bonchev–Trinajstić information content (AvgIpc) is 2.58. The lowest BCUT2D eigenvalue weighted by molar-refractivity contribution is 0.415. The predicted molar refractivity (Wildman–Crippen MR) is 68.3 cm³/mol. The number of nitrogens with zero attached hydrogens (tertiary/aromatic N) is 1. The Labute approximate surface area is 103 Å². The molecule has 0 radical (unpaired) electrons. The maximum atomic E-state index is 6.07. The van der Waals surface area contributed by atoms with Crippen molar-refractivity contribution in [3.05, 3.63) is 28.9 Å². The molecule has 0 aliphatic heterocycles. The van der Waals surface area contributed by atoms with Crippen LogP contribution in [0.25, 0.3) is 10.4 Å². The Bertz CT molecular complexity index is 525. The molecule has 2 N–H and O–H groups in total. The van der Waals surface area contributed by atoms with E-state index in [0.717, 1.165) is 16.1 Å². The molecule has 0 spiro atoms. The van der Waals surface area contributed by atoms with Crippen molar-refractivity contribution in [1.82, 2.24) is 4.98 Å². The van der Waals surface area contributed by atoms with Gasteiger partial charge in [0.1, 0.15) is 5.75 Å². The highest BCUT2D eigenvalue weighted by atomic mass is 35.5. The summed E-state index contributed by atoms with van der Waals surface area (Å²) >= 11 is 7.52. The average molecular weight is 255 g/mol. The van der Waals surface area contributed by atoms with E-state index >= 15 is 0 Å². The molecule has 5 heteroatoms. The van der Waals surface area contributed by atoms with Gasteiger partial charge in [0.05, 0.1) is 22.7 Å². The Kier molecular flexibility index (Phi) is 3.03. The zero-order valence-corrected chi connectivity index (χ0v) is 10.5. The van der Waals surface area contributed by atoms with Crippen LogP contribution >= 0.6 is 22.9 Å². The van der Waals surface area contributed by atoms with E-state index in [2.05, 4.69) is 4.98 Å². The summed E-state index contributed by atoms with van der Waals surface area (Å²) in [5.74, 6) is 0.667. The number of benzene rings is 1. The van der Waals surface area contributed by atoms with E-state index in [1.54, 1.807) is 7.11 Å². The third-order valence-corrected chi connectivity index (χ3v) is 3.56. The van der Waals surface area contributed by atoms with Gasteiger partial charge in [0, 0.05) is 0 Å². The lowest BCUT2D eigenvalue weighted by atomic mass is 10.1. The number of methoxy groups -OCH3 is 1. The van der Waals surface area contributed by atoms with E-state index in [9.17, 15) is 0 Å². The minimum atomic E-state index is 0.569. The number of ether oxygens (including phenoxy) is 1. The van der Waals surface area contributed by atoms with Crippen LogP contribution in [0.5, 0.6) is 5.75 Å². The summed E-state index contributed by atoms with van der Waals surface area (Å²) in [6.45, 7) is 1.93. The molecule has 2 aromatic rings. The minimum absolute atomic E-state index is 0.569. The van der Waals surface area contributed by atoms with Gasteiger partial charge in [-0.25, -0.2) is 4.98 Å². The van der Waals surface area contributed by atoms with Crippen molar-refractivity contribution in [2.75, 3.05) is 12.8 Å². The van der Waals surface area contributed by atoms with Gasteiger partial charge >= 0.3 is 0 Å². The fraction of sp³-hybridized carbons (Fsp3) is 0.182. The first-order chi connectivity index (χ1) is 7.61. The number of hydrogen-bond donors (Lipinski definition) is 1. The van der Waals surface area contributed by atoms with Crippen LogP contribution in [0.1, 0.15) is 5.69 Å². The van der Waals surface area contributed by atoms with Gasteiger partial charge < -0.3 is 10.5 Å². The predicted octanol–water partition coefficient (Wildman–Crippen LogP) is 3.36. The highest BCUT2D eigenvalue weighted by molar-refractivity contribution is 7.18. The molecule has 84 valence electrons. The molecular formula is C11H11ClN2OS. The van der Waals surface area contributed by atoms with Crippen LogP contribution < -0.4 is 10.5 Å². The molecule has 0 aliphatic carbocycles. The van der Waals surface area contributed by atoms with Crippen LogP contribution in [0.4, 0.5) is 5.13 Å².